The van der Waals surface area contributed by atoms with Gasteiger partial charge in [0.25, 0.3) is 0 Å². The number of halogens is 1. The first-order valence-electron chi connectivity index (χ1n) is 9.64. The van der Waals surface area contributed by atoms with E-state index >= 15 is 0 Å². The van der Waals surface area contributed by atoms with E-state index in [2.05, 4.69) is 11.2 Å². The van der Waals surface area contributed by atoms with Crippen molar-refractivity contribution in [1.29, 1.82) is 5.26 Å². The fraction of sp³-hybridized carbons (Fsp3) is 0.348. The third-order valence-electron chi connectivity index (χ3n) is 5.55. The molecule has 0 radical (unpaired) electrons. The Morgan fingerprint density at radius 2 is 2.14 bits per heavy atom. The van der Waals surface area contributed by atoms with E-state index in [4.69, 9.17) is 4.74 Å². The molecule has 6 heteroatoms. The Morgan fingerprint density at radius 3 is 2.79 bits per heavy atom. The van der Waals surface area contributed by atoms with E-state index in [0.717, 1.165) is 29.5 Å². The summed E-state index contributed by atoms with van der Waals surface area (Å²) >= 11 is 0. The summed E-state index contributed by atoms with van der Waals surface area (Å²) in [6.07, 6.45) is 5.88. The summed E-state index contributed by atoms with van der Waals surface area (Å²) in [6, 6.07) is 9.08. The van der Waals surface area contributed by atoms with E-state index in [1.54, 1.807) is 16.8 Å². The lowest BCUT2D eigenvalue weighted by Gasteiger charge is -2.15. The number of benzene rings is 1. The zero-order valence-corrected chi connectivity index (χ0v) is 16.7. The number of nitriles is 1. The van der Waals surface area contributed by atoms with Gasteiger partial charge in [-0.15, -0.1) is 0 Å². The van der Waals surface area contributed by atoms with Crippen molar-refractivity contribution >= 4 is 11.3 Å². The highest BCUT2D eigenvalue weighted by atomic mass is 19.1. The Bertz CT molecular complexity index is 1150. The Kier molecular flexibility index (Phi) is 4.62. The highest BCUT2D eigenvalue weighted by molar-refractivity contribution is 6.00. The van der Waals surface area contributed by atoms with Gasteiger partial charge in [-0.05, 0) is 61.9 Å². The van der Waals surface area contributed by atoms with Crippen LogP contribution in [0.4, 0.5) is 4.39 Å². The highest BCUT2D eigenvalue weighted by Gasteiger charge is 2.28. The Hall–Kier alpha value is -3.20. The van der Waals surface area contributed by atoms with Crippen LogP contribution in [-0.4, -0.2) is 22.5 Å². The molecule has 148 valence electrons. The van der Waals surface area contributed by atoms with Gasteiger partial charge in [-0.3, -0.25) is 4.79 Å². The number of ether oxygens (including phenoxy) is 1. The van der Waals surface area contributed by atoms with E-state index in [1.807, 2.05) is 32.2 Å². The van der Waals surface area contributed by atoms with Crippen LogP contribution in [0.25, 0.3) is 16.6 Å². The lowest BCUT2D eigenvalue weighted by Crippen LogP contribution is -2.14. The van der Waals surface area contributed by atoms with Gasteiger partial charge in [0.05, 0.1) is 35.9 Å². The molecule has 2 aromatic heterocycles. The molecular weight excluding hydrogens is 369 g/mol. The maximum Gasteiger partial charge on any atom is 0.169 e. The van der Waals surface area contributed by atoms with Gasteiger partial charge < -0.3 is 4.74 Å². The smallest absolute Gasteiger partial charge is 0.169 e. The second kappa shape index (κ2) is 7.00. The van der Waals surface area contributed by atoms with Crippen LogP contribution in [0.15, 0.2) is 36.7 Å². The summed E-state index contributed by atoms with van der Waals surface area (Å²) in [5.41, 5.74) is 2.32. The van der Waals surface area contributed by atoms with Gasteiger partial charge in [0.2, 0.25) is 0 Å². The first kappa shape index (κ1) is 19.1. The van der Waals surface area contributed by atoms with Gasteiger partial charge >= 0.3 is 0 Å². The monoisotopic (exact) mass is 391 g/mol. The molecule has 1 saturated carbocycles. The number of methoxy groups -OCH3 is 1. The number of rotatable bonds is 6. The molecule has 2 heterocycles. The van der Waals surface area contributed by atoms with Crippen LogP contribution in [0, 0.1) is 23.1 Å². The van der Waals surface area contributed by atoms with Crippen LogP contribution in [0.3, 0.4) is 0 Å². The molecule has 0 aliphatic heterocycles. The topological polar surface area (TPSA) is 67.4 Å². The molecule has 29 heavy (non-hydrogen) atoms. The minimum Gasteiger partial charge on any atom is -0.496 e. The molecule has 0 spiro atoms. The Morgan fingerprint density at radius 1 is 1.38 bits per heavy atom. The van der Waals surface area contributed by atoms with Crippen molar-refractivity contribution in [3.8, 4) is 22.9 Å². The van der Waals surface area contributed by atoms with E-state index in [-0.39, 0.29) is 17.1 Å². The minimum absolute atomic E-state index is 0.0256. The molecule has 5 nitrogen and oxygen atoms in total. The number of fused-ring (bicyclic) bond motifs is 1. The first-order valence-corrected chi connectivity index (χ1v) is 9.64. The second-order valence-corrected chi connectivity index (χ2v) is 8.15. The molecule has 0 bridgehead atoms. The van der Waals surface area contributed by atoms with Crippen molar-refractivity contribution in [3.63, 3.8) is 0 Å². The fourth-order valence-corrected chi connectivity index (χ4v) is 3.50. The molecule has 1 aliphatic carbocycles. The molecule has 0 amide bonds. The Balaban J connectivity index is 1.76. The summed E-state index contributed by atoms with van der Waals surface area (Å²) in [6.45, 7) is 3.69. The van der Waals surface area contributed by atoms with Gasteiger partial charge in [0.1, 0.15) is 11.6 Å². The normalized spacial score (nSPS) is 14.0. The van der Waals surface area contributed by atoms with Gasteiger partial charge in [0, 0.05) is 18.2 Å². The van der Waals surface area contributed by atoms with Gasteiger partial charge in [-0.1, -0.05) is 6.07 Å². The second-order valence-electron chi connectivity index (χ2n) is 8.15. The van der Waals surface area contributed by atoms with E-state index in [9.17, 15) is 14.4 Å². The van der Waals surface area contributed by atoms with E-state index in [1.165, 1.54) is 13.2 Å². The van der Waals surface area contributed by atoms with Crippen molar-refractivity contribution in [1.82, 2.24) is 9.61 Å². The number of ketones is 1. The number of carbonyl (C=O) groups excluding carboxylic acids is 1. The predicted molar refractivity (Wildman–Crippen MR) is 107 cm³/mol. The quantitative estimate of drug-likeness (QED) is 0.559. The van der Waals surface area contributed by atoms with Crippen LogP contribution >= 0.6 is 0 Å². The maximum absolute atomic E-state index is 14.9. The lowest BCUT2D eigenvalue weighted by atomic mass is 9.87. The number of carbonyl (C=O) groups is 1. The molecule has 0 saturated heterocycles. The SMILES string of the molecule is COc1cc(-c2cnn3cc(C(C)(C)C#N)ccc23)cc(F)c1C(=O)CC1CC1. The lowest BCUT2D eigenvalue weighted by molar-refractivity contribution is 0.0969. The molecule has 0 atom stereocenters. The predicted octanol–water partition coefficient (Wildman–Crippen LogP) is 4.93. The van der Waals surface area contributed by atoms with Crippen LogP contribution in [0.5, 0.6) is 5.75 Å². The summed E-state index contributed by atoms with van der Waals surface area (Å²) < 4.78 is 21.9. The standard InChI is InChI=1S/C23H22FN3O2/c1-23(2,13-25)16-6-7-19-17(11-26-27(19)12-16)15-9-18(24)22(21(10-15)29-3)20(28)8-14-4-5-14/h6-7,9-12,14H,4-5,8H2,1-3H3. The summed E-state index contributed by atoms with van der Waals surface area (Å²) in [5.74, 6) is -0.173. The number of nitrogens with zero attached hydrogens (tertiary/aromatic N) is 3. The maximum atomic E-state index is 14.9. The fourth-order valence-electron chi connectivity index (χ4n) is 3.50. The third kappa shape index (κ3) is 3.49. The number of aromatic nitrogens is 2. The van der Waals surface area contributed by atoms with Crippen molar-refractivity contribution in [3.05, 3.63) is 53.6 Å². The van der Waals surface area contributed by atoms with E-state index in [0.29, 0.717) is 17.9 Å². The largest absolute Gasteiger partial charge is 0.496 e. The zero-order valence-electron chi connectivity index (χ0n) is 16.7. The molecular formula is C23H22FN3O2. The summed E-state index contributed by atoms with van der Waals surface area (Å²) in [4.78, 5) is 12.5. The molecule has 0 N–H and O–H groups in total. The first-order chi connectivity index (χ1) is 13.8. The van der Waals surface area contributed by atoms with Gasteiger partial charge in [-0.2, -0.15) is 10.4 Å². The molecule has 1 aliphatic rings. The van der Waals surface area contributed by atoms with Crippen molar-refractivity contribution in [2.24, 2.45) is 5.92 Å². The molecule has 1 aromatic carbocycles. The van der Waals surface area contributed by atoms with Crippen LogP contribution < -0.4 is 4.74 Å². The van der Waals surface area contributed by atoms with Crippen molar-refractivity contribution in [2.75, 3.05) is 7.11 Å². The van der Waals surface area contributed by atoms with E-state index < -0.39 is 11.2 Å². The summed E-state index contributed by atoms with van der Waals surface area (Å²) in [7, 11) is 1.44. The summed E-state index contributed by atoms with van der Waals surface area (Å²) in [5, 5.41) is 13.7. The number of hydrogen-bond acceptors (Lipinski definition) is 4. The molecule has 4 rings (SSSR count). The Labute approximate surface area is 168 Å². The average Bonchev–Trinajstić information content (AvgIpc) is 3.41. The minimum atomic E-state index is -0.640. The van der Waals surface area contributed by atoms with Gasteiger partial charge in [-0.25, -0.2) is 8.91 Å². The molecule has 0 unspecified atom stereocenters. The van der Waals surface area contributed by atoms with Crippen LogP contribution in [-0.2, 0) is 5.41 Å². The molecule has 3 aromatic rings. The number of hydrogen-bond donors (Lipinski definition) is 0. The average molecular weight is 391 g/mol. The van der Waals surface area contributed by atoms with Gasteiger partial charge in [0.15, 0.2) is 5.78 Å². The van der Waals surface area contributed by atoms with Crippen molar-refractivity contribution in [2.45, 2.75) is 38.5 Å². The van der Waals surface area contributed by atoms with Crippen LogP contribution in [0.1, 0.15) is 49.0 Å². The van der Waals surface area contributed by atoms with Crippen LogP contribution in [0.2, 0.25) is 0 Å². The zero-order chi connectivity index (χ0) is 20.8. The number of pyridine rings is 1. The molecule has 1 fully saturated rings. The van der Waals surface area contributed by atoms with Crippen molar-refractivity contribution < 1.29 is 13.9 Å². The number of Topliss-reactive ketones (excluding diaryl/α,β-unsaturated/α-hetero) is 1. The third-order valence-corrected chi connectivity index (χ3v) is 5.55. The highest BCUT2D eigenvalue weighted by Crippen LogP contribution is 2.37.